The second kappa shape index (κ2) is 11.4. The number of fused-ring (bicyclic) bond motifs is 6. The van der Waals surface area contributed by atoms with Crippen LogP contribution in [-0.2, 0) is 0 Å². The second-order valence-electron chi connectivity index (χ2n) is 12.3. The molecule has 0 radical (unpaired) electrons. The average Bonchev–Trinajstić information content (AvgIpc) is 3.70. The molecule has 2 aromatic heterocycles. The molecule has 0 fully saturated rings. The third-order valence-corrected chi connectivity index (χ3v) is 9.64. The molecule has 50 heavy (non-hydrogen) atoms. The first kappa shape index (κ1) is 28.8. The highest BCUT2D eigenvalue weighted by Gasteiger charge is 2.20. The van der Waals surface area contributed by atoms with Gasteiger partial charge in [-0.1, -0.05) is 84.9 Å². The fourth-order valence-corrected chi connectivity index (χ4v) is 7.45. The molecule has 0 spiro atoms. The van der Waals surface area contributed by atoms with E-state index >= 15 is 0 Å². The van der Waals surface area contributed by atoms with Crippen LogP contribution in [0.2, 0.25) is 0 Å². The van der Waals surface area contributed by atoms with Gasteiger partial charge in [0.1, 0.15) is 6.07 Å². The monoisotopic (exact) mass is 635 g/mol. The number of benzene rings is 7. The fourth-order valence-electron chi connectivity index (χ4n) is 7.45. The minimum Gasteiger partial charge on any atom is -0.309 e. The molecule has 9 aromatic rings. The standard InChI is InChI=1S/C45H25N5/c46-26-29-17-21-43(49-42-16-8-5-13-37(42)39-24-30(27-47)18-22-44(39)49)38(23-29)34-10-2-1-9-33(34)31-19-20-32(28-48)45(25-31)50-40-14-6-3-11-35(40)36-12-4-7-15-41(36)50/h1-25H. The molecule has 0 aliphatic carbocycles. The molecule has 7 aromatic carbocycles. The summed E-state index contributed by atoms with van der Waals surface area (Å²) in [5.74, 6) is 0. The Morgan fingerprint density at radius 3 is 1.52 bits per heavy atom. The predicted octanol–water partition coefficient (Wildman–Crippen LogP) is 10.8. The van der Waals surface area contributed by atoms with Crippen LogP contribution in [0.25, 0.3) is 77.2 Å². The normalized spacial score (nSPS) is 11.1. The van der Waals surface area contributed by atoms with Gasteiger partial charge in [0.05, 0.1) is 62.3 Å². The van der Waals surface area contributed by atoms with Crippen LogP contribution in [-0.4, -0.2) is 9.13 Å². The van der Waals surface area contributed by atoms with E-state index < -0.39 is 0 Å². The Labute approximate surface area is 287 Å². The van der Waals surface area contributed by atoms with Crippen LogP contribution in [0.3, 0.4) is 0 Å². The van der Waals surface area contributed by atoms with E-state index in [1.165, 1.54) is 0 Å². The molecule has 0 saturated carbocycles. The number of para-hydroxylation sites is 3. The Morgan fingerprint density at radius 2 is 0.880 bits per heavy atom. The average molecular weight is 636 g/mol. The molecule has 0 aliphatic heterocycles. The highest BCUT2D eigenvalue weighted by Crippen LogP contribution is 2.41. The molecule has 0 aliphatic rings. The zero-order valence-electron chi connectivity index (χ0n) is 26.7. The second-order valence-corrected chi connectivity index (χ2v) is 12.3. The third kappa shape index (κ3) is 4.31. The molecule has 0 saturated heterocycles. The van der Waals surface area contributed by atoms with E-state index in [1.54, 1.807) is 0 Å². The molecule has 230 valence electrons. The summed E-state index contributed by atoms with van der Waals surface area (Å²) in [5.41, 5.74) is 11.3. The maximum atomic E-state index is 10.3. The molecule has 0 N–H and O–H groups in total. The third-order valence-electron chi connectivity index (χ3n) is 9.64. The van der Waals surface area contributed by atoms with Crippen molar-refractivity contribution in [2.75, 3.05) is 0 Å². The van der Waals surface area contributed by atoms with E-state index in [2.05, 4.69) is 81.9 Å². The van der Waals surface area contributed by atoms with Crippen LogP contribution in [0, 0.1) is 34.0 Å². The lowest BCUT2D eigenvalue weighted by molar-refractivity contribution is 1.17. The summed E-state index contributed by atoms with van der Waals surface area (Å²) < 4.78 is 4.41. The molecular weight excluding hydrogens is 611 g/mol. The SMILES string of the molecule is N#Cc1ccc(-n2c3ccccc3c3cc(C#N)ccc32)c(-c2ccccc2-c2ccc(C#N)c(-n3c4ccccc4c4ccccc43)c2)c1. The van der Waals surface area contributed by atoms with Crippen LogP contribution in [0.1, 0.15) is 16.7 Å². The van der Waals surface area contributed by atoms with Gasteiger partial charge in [-0.2, -0.15) is 15.8 Å². The molecular formula is C45H25N5. The van der Waals surface area contributed by atoms with Gasteiger partial charge in [-0.25, -0.2) is 0 Å². The minimum atomic E-state index is 0.553. The number of aromatic nitrogens is 2. The number of hydrogen-bond acceptors (Lipinski definition) is 3. The van der Waals surface area contributed by atoms with Crippen molar-refractivity contribution in [1.82, 2.24) is 9.13 Å². The summed E-state index contributed by atoms with van der Waals surface area (Å²) in [6.45, 7) is 0. The lowest BCUT2D eigenvalue weighted by Gasteiger charge is -2.18. The Morgan fingerprint density at radius 1 is 0.360 bits per heavy atom. The maximum Gasteiger partial charge on any atom is 0.101 e. The minimum absolute atomic E-state index is 0.553. The van der Waals surface area contributed by atoms with E-state index in [0.717, 1.165) is 77.2 Å². The van der Waals surface area contributed by atoms with Gasteiger partial charge in [0.2, 0.25) is 0 Å². The lowest BCUT2D eigenvalue weighted by atomic mass is 9.91. The summed E-state index contributed by atoms with van der Waals surface area (Å²) >= 11 is 0. The van der Waals surface area contributed by atoms with E-state index in [9.17, 15) is 15.8 Å². The molecule has 2 heterocycles. The molecule has 0 amide bonds. The summed E-state index contributed by atoms with van der Waals surface area (Å²) in [6, 6.07) is 57.7. The fraction of sp³-hybridized carbons (Fsp3) is 0. The van der Waals surface area contributed by atoms with Crippen LogP contribution >= 0.6 is 0 Å². The topological polar surface area (TPSA) is 81.2 Å². The summed E-state index contributed by atoms with van der Waals surface area (Å²) in [4.78, 5) is 0. The Hall–Kier alpha value is -7.39. The Bertz CT molecular complexity index is 2920. The number of rotatable bonds is 4. The van der Waals surface area contributed by atoms with Crippen molar-refractivity contribution >= 4 is 43.6 Å². The largest absolute Gasteiger partial charge is 0.309 e. The van der Waals surface area contributed by atoms with Crippen molar-refractivity contribution in [3.63, 3.8) is 0 Å². The van der Waals surface area contributed by atoms with Crippen molar-refractivity contribution < 1.29 is 0 Å². The predicted molar refractivity (Wildman–Crippen MR) is 200 cm³/mol. The maximum absolute atomic E-state index is 10.3. The van der Waals surface area contributed by atoms with E-state index in [-0.39, 0.29) is 0 Å². The summed E-state index contributed by atoms with van der Waals surface area (Å²) in [7, 11) is 0. The number of hydrogen-bond donors (Lipinski definition) is 0. The van der Waals surface area contributed by atoms with Crippen LogP contribution in [0.15, 0.2) is 152 Å². The van der Waals surface area contributed by atoms with Gasteiger partial charge in [0.25, 0.3) is 0 Å². The van der Waals surface area contributed by atoms with Gasteiger partial charge in [-0.05, 0) is 83.4 Å². The van der Waals surface area contributed by atoms with E-state index in [1.807, 2.05) is 97.1 Å². The van der Waals surface area contributed by atoms with Gasteiger partial charge in [0.15, 0.2) is 0 Å². The van der Waals surface area contributed by atoms with Crippen molar-refractivity contribution in [3.05, 3.63) is 168 Å². The van der Waals surface area contributed by atoms with Crippen molar-refractivity contribution in [3.8, 4) is 51.8 Å². The van der Waals surface area contributed by atoms with Crippen molar-refractivity contribution in [2.24, 2.45) is 0 Å². The first-order chi connectivity index (χ1) is 24.7. The van der Waals surface area contributed by atoms with Gasteiger partial charge in [-0.15, -0.1) is 0 Å². The first-order valence-electron chi connectivity index (χ1n) is 16.3. The zero-order chi connectivity index (χ0) is 33.8. The molecule has 5 nitrogen and oxygen atoms in total. The number of nitriles is 3. The van der Waals surface area contributed by atoms with Crippen LogP contribution in [0.4, 0.5) is 0 Å². The van der Waals surface area contributed by atoms with Gasteiger partial charge in [-0.3, -0.25) is 0 Å². The molecule has 5 heteroatoms. The van der Waals surface area contributed by atoms with Crippen molar-refractivity contribution in [2.45, 2.75) is 0 Å². The lowest BCUT2D eigenvalue weighted by Crippen LogP contribution is -2.00. The highest BCUT2D eigenvalue weighted by atomic mass is 15.0. The molecule has 0 atom stereocenters. The smallest absolute Gasteiger partial charge is 0.101 e. The summed E-state index contributed by atoms with van der Waals surface area (Å²) in [6.07, 6.45) is 0. The van der Waals surface area contributed by atoms with Crippen LogP contribution in [0.5, 0.6) is 0 Å². The van der Waals surface area contributed by atoms with Crippen LogP contribution < -0.4 is 0 Å². The van der Waals surface area contributed by atoms with Gasteiger partial charge < -0.3 is 9.13 Å². The highest BCUT2D eigenvalue weighted by molar-refractivity contribution is 6.11. The Balaban J connectivity index is 1.31. The Kier molecular flexibility index (Phi) is 6.56. The molecule has 0 bridgehead atoms. The quantitative estimate of drug-likeness (QED) is 0.193. The zero-order valence-corrected chi connectivity index (χ0v) is 26.7. The molecule has 0 unspecified atom stereocenters. The van der Waals surface area contributed by atoms with Gasteiger partial charge in [0, 0.05) is 27.1 Å². The van der Waals surface area contributed by atoms with Gasteiger partial charge >= 0.3 is 0 Å². The molecule has 9 rings (SSSR count). The first-order valence-corrected chi connectivity index (χ1v) is 16.3. The van der Waals surface area contributed by atoms with Crippen molar-refractivity contribution in [1.29, 1.82) is 15.8 Å². The summed E-state index contributed by atoms with van der Waals surface area (Å²) in [5, 5.41) is 34.4. The van der Waals surface area contributed by atoms with E-state index in [0.29, 0.717) is 16.7 Å². The van der Waals surface area contributed by atoms with E-state index in [4.69, 9.17) is 0 Å². The number of nitrogens with zero attached hydrogens (tertiary/aromatic N) is 5.